The molecule has 0 unspecified atom stereocenters. The minimum atomic E-state index is -5.36. The number of pyridine rings is 1. The van der Waals surface area contributed by atoms with Crippen molar-refractivity contribution in [1.29, 1.82) is 0 Å². The van der Waals surface area contributed by atoms with Gasteiger partial charge in [-0.1, -0.05) is 48.5 Å². The number of amides is 1. The average Bonchev–Trinajstić information content (AvgIpc) is 2.94. The fourth-order valence-corrected chi connectivity index (χ4v) is 4.59. The topological polar surface area (TPSA) is 97.4 Å². The van der Waals surface area contributed by atoms with E-state index in [1.807, 2.05) is 12.1 Å². The first-order valence-corrected chi connectivity index (χ1v) is 13.3. The number of ether oxygens (including phenoxy) is 1. The van der Waals surface area contributed by atoms with E-state index in [9.17, 15) is 27.6 Å². The van der Waals surface area contributed by atoms with Gasteiger partial charge < -0.3 is 15.4 Å². The quantitative estimate of drug-likeness (QED) is 0.137. The molecular weight excluding hydrogens is 542 g/mol. The number of carbonyl (C=O) groups excluding carboxylic acids is 3. The number of nitrogens with one attached hydrogen (secondary N) is 2. The molecular formula is C30H29F4N3O4. The minimum absolute atomic E-state index is 0.0564. The van der Waals surface area contributed by atoms with Crippen molar-refractivity contribution in [3.8, 4) is 11.1 Å². The zero-order valence-electron chi connectivity index (χ0n) is 22.1. The summed E-state index contributed by atoms with van der Waals surface area (Å²) in [5, 5.41) is 5.86. The lowest BCUT2D eigenvalue weighted by Crippen LogP contribution is -2.33. The van der Waals surface area contributed by atoms with Gasteiger partial charge in [0, 0.05) is 24.2 Å². The van der Waals surface area contributed by atoms with Crippen LogP contribution in [0.2, 0.25) is 0 Å². The number of aryl methyl sites for hydroxylation is 2. The third kappa shape index (κ3) is 8.36. The molecule has 1 atom stereocenters. The number of fused-ring (bicyclic) bond motifs is 1. The SMILES string of the molecule is O=C(CCCCc1ccc2c(n1)NCCC2)N[C@@H](CC(=O)OC(=O)C(F)(F)F)c1ccc(-c2ccccc2)c(F)c1. The first-order valence-electron chi connectivity index (χ1n) is 13.3. The van der Waals surface area contributed by atoms with E-state index in [0.29, 0.717) is 24.8 Å². The van der Waals surface area contributed by atoms with Crippen LogP contribution in [0.1, 0.15) is 55.0 Å². The Labute approximate surface area is 234 Å². The lowest BCUT2D eigenvalue weighted by atomic mass is 9.98. The summed E-state index contributed by atoms with van der Waals surface area (Å²) < 4.78 is 56.6. The number of unbranched alkanes of at least 4 members (excludes halogenated alkanes) is 1. The van der Waals surface area contributed by atoms with Crippen LogP contribution >= 0.6 is 0 Å². The predicted molar refractivity (Wildman–Crippen MR) is 143 cm³/mol. The molecule has 4 rings (SSSR count). The molecule has 11 heteroatoms. The van der Waals surface area contributed by atoms with Crippen molar-refractivity contribution < 1.29 is 36.7 Å². The monoisotopic (exact) mass is 571 g/mol. The fourth-order valence-electron chi connectivity index (χ4n) is 4.59. The second-order valence-electron chi connectivity index (χ2n) is 9.74. The molecule has 0 radical (unpaired) electrons. The molecule has 0 fully saturated rings. The van der Waals surface area contributed by atoms with E-state index < -0.39 is 42.3 Å². The van der Waals surface area contributed by atoms with Crippen molar-refractivity contribution in [2.75, 3.05) is 11.9 Å². The fraction of sp³-hybridized carbons (Fsp3) is 0.333. The van der Waals surface area contributed by atoms with Crippen molar-refractivity contribution in [2.24, 2.45) is 0 Å². The highest BCUT2D eigenvalue weighted by molar-refractivity contribution is 5.89. The van der Waals surface area contributed by atoms with Crippen LogP contribution in [-0.4, -0.2) is 35.6 Å². The summed E-state index contributed by atoms with van der Waals surface area (Å²) in [4.78, 5) is 40.6. The molecule has 0 spiro atoms. The average molecular weight is 572 g/mol. The number of hydrogen-bond donors (Lipinski definition) is 2. The number of alkyl halides is 3. The van der Waals surface area contributed by atoms with Crippen molar-refractivity contribution in [2.45, 2.75) is 57.2 Å². The smallest absolute Gasteiger partial charge is 0.386 e. The number of nitrogens with zero attached hydrogens (tertiary/aromatic N) is 1. The Kier molecular flexibility index (Phi) is 9.69. The molecule has 2 heterocycles. The van der Waals surface area contributed by atoms with Crippen molar-refractivity contribution in [1.82, 2.24) is 10.3 Å². The number of aromatic nitrogens is 1. The van der Waals surface area contributed by atoms with E-state index in [0.717, 1.165) is 37.0 Å². The van der Waals surface area contributed by atoms with Gasteiger partial charge in [0.1, 0.15) is 11.6 Å². The maximum Gasteiger partial charge on any atom is 0.491 e. The number of halogens is 4. The first kappa shape index (κ1) is 29.7. The highest BCUT2D eigenvalue weighted by Gasteiger charge is 2.42. The maximum atomic E-state index is 15.0. The summed E-state index contributed by atoms with van der Waals surface area (Å²) in [5.74, 6) is -4.42. The van der Waals surface area contributed by atoms with Crippen LogP contribution in [-0.2, 0) is 32.0 Å². The van der Waals surface area contributed by atoms with Gasteiger partial charge >= 0.3 is 18.1 Å². The van der Waals surface area contributed by atoms with Crippen LogP contribution in [0.4, 0.5) is 23.4 Å². The summed E-state index contributed by atoms with van der Waals surface area (Å²) in [6.45, 7) is 0.877. The Balaban J connectivity index is 1.39. The number of benzene rings is 2. The lowest BCUT2D eigenvalue weighted by molar-refractivity contribution is -0.202. The number of carbonyl (C=O) groups is 3. The van der Waals surface area contributed by atoms with Crippen LogP contribution in [0.25, 0.3) is 11.1 Å². The first-order chi connectivity index (χ1) is 19.6. The molecule has 0 bridgehead atoms. The molecule has 0 saturated carbocycles. The molecule has 1 aromatic heterocycles. The highest BCUT2D eigenvalue weighted by atomic mass is 19.4. The van der Waals surface area contributed by atoms with Gasteiger partial charge in [-0.2, -0.15) is 13.2 Å². The van der Waals surface area contributed by atoms with Gasteiger partial charge in [0.05, 0.1) is 12.5 Å². The largest absolute Gasteiger partial charge is 0.491 e. The molecule has 216 valence electrons. The van der Waals surface area contributed by atoms with E-state index in [1.54, 1.807) is 30.3 Å². The van der Waals surface area contributed by atoms with E-state index in [1.165, 1.54) is 17.7 Å². The Hall–Kier alpha value is -4.28. The molecule has 0 saturated heterocycles. The third-order valence-electron chi connectivity index (χ3n) is 6.66. The molecule has 2 aromatic carbocycles. The summed E-state index contributed by atoms with van der Waals surface area (Å²) in [7, 11) is 0. The van der Waals surface area contributed by atoms with Gasteiger partial charge in [0.2, 0.25) is 5.91 Å². The Bertz CT molecular complexity index is 1400. The molecule has 2 N–H and O–H groups in total. The molecule has 3 aromatic rings. The summed E-state index contributed by atoms with van der Waals surface area (Å²) in [5.41, 5.74) is 3.06. The van der Waals surface area contributed by atoms with Gasteiger partial charge in [-0.05, 0) is 60.9 Å². The van der Waals surface area contributed by atoms with Crippen LogP contribution in [0, 0.1) is 5.82 Å². The van der Waals surface area contributed by atoms with Gasteiger partial charge in [-0.3, -0.25) is 9.59 Å². The van der Waals surface area contributed by atoms with Crippen molar-refractivity contribution in [3.05, 3.63) is 83.3 Å². The van der Waals surface area contributed by atoms with Crippen LogP contribution < -0.4 is 10.6 Å². The number of rotatable bonds is 10. The van der Waals surface area contributed by atoms with Gasteiger partial charge in [-0.15, -0.1) is 0 Å². The summed E-state index contributed by atoms with van der Waals surface area (Å²) in [6, 6.07) is 15.4. The predicted octanol–water partition coefficient (Wildman–Crippen LogP) is 5.84. The van der Waals surface area contributed by atoms with E-state index in [-0.39, 0.29) is 17.5 Å². The van der Waals surface area contributed by atoms with Crippen molar-refractivity contribution >= 4 is 23.7 Å². The molecule has 7 nitrogen and oxygen atoms in total. The minimum Gasteiger partial charge on any atom is -0.386 e. The number of esters is 2. The zero-order chi connectivity index (χ0) is 29.4. The van der Waals surface area contributed by atoms with Crippen LogP contribution in [0.5, 0.6) is 0 Å². The molecule has 1 aliphatic rings. The zero-order valence-corrected chi connectivity index (χ0v) is 22.1. The molecule has 1 amide bonds. The molecule has 1 aliphatic heterocycles. The van der Waals surface area contributed by atoms with E-state index in [2.05, 4.69) is 20.4 Å². The maximum absolute atomic E-state index is 15.0. The van der Waals surface area contributed by atoms with Crippen molar-refractivity contribution in [3.63, 3.8) is 0 Å². The van der Waals surface area contributed by atoms with Crippen LogP contribution in [0.3, 0.4) is 0 Å². The summed E-state index contributed by atoms with van der Waals surface area (Å²) >= 11 is 0. The lowest BCUT2D eigenvalue weighted by Gasteiger charge is -2.19. The second-order valence-corrected chi connectivity index (χ2v) is 9.74. The molecule has 0 aliphatic carbocycles. The third-order valence-corrected chi connectivity index (χ3v) is 6.66. The highest BCUT2D eigenvalue weighted by Crippen LogP contribution is 2.28. The normalized spacial score (nSPS) is 13.5. The number of anilines is 1. The Morgan fingerprint density at radius 1 is 1.02 bits per heavy atom. The van der Waals surface area contributed by atoms with E-state index >= 15 is 4.39 Å². The summed E-state index contributed by atoms with van der Waals surface area (Å²) in [6.07, 6.45) is -2.30. The second kappa shape index (κ2) is 13.4. The standard InChI is InChI=1S/C30H29F4N3O4/c31-24-17-21(13-15-23(24)19-7-2-1-3-8-19)25(18-27(39)41-29(40)30(32,33)34)37-26(38)11-5-4-10-22-14-12-20-9-6-16-35-28(20)36-22/h1-3,7-8,12-15,17,25H,4-6,9-11,16,18H2,(H,35,36)(H,37,38)/t25-/m0/s1. The van der Waals surface area contributed by atoms with E-state index in [4.69, 9.17) is 0 Å². The van der Waals surface area contributed by atoms with Crippen LogP contribution in [0.15, 0.2) is 60.7 Å². The Morgan fingerprint density at radius 3 is 2.54 bits per heavy atom. The van der Waals surface area contributed by atoms with Gasteiger partial charge in [0.25, 0.3) is 0 Å². The number of hydrogen-bond acceptors (Lipinski definition) is 6. The van der Waals surface area contributed by atoms with Gasteiger partial charge in [0.15, 0.2) is 0 Å². The van der Waals surface area contributed by atoms with Gasteiger partial charge in [-0.25, -0.2) is 14.2 Å². The Morgan fingerprint density at radius 2 is 1.80 bits per heavy atom. The molecule has 41 heavy (non-hydrogen) atoms.